The summed E-state index contributed by atoms with van der Waals surface area (Å²) in [4.78, 5) is 0. The lowest BCUT2D eigenvalue weighted by atomic mass is 10.1. The molecular formula is C14H15NO. The van der Waals surface area contributed by atoms with Crippen molar-refractivity contribution >= 4 is 0 Å². The number of fused-ring (bicyclic) bond motifs is 1. The lowest BCUT2D eigenvalue weighted by Gasteiger charge is -2.12. The van der Waals surface area contributed by atoms with E-state index in [1.807, 2.05) is 12.1 Å². The molecule has 1 aromatic heterocycles. The Hall–Kier alpha value is -1.54. The van der Waals surface area contributed by atoms with E-state index in [2.05, 4.69) is 29.6 Å². The summed E-state index contributed by atoms with van der Waals surface area (Å²) in [5.74, 6) is 1.00. The highest BCUT2D eigenvalue weighted by Crippen LogP contribution is 2.30. The number of rotatable bonds is 3. The molecule has 1 N–H and O–H groups in total. The van der Waals surface area contributed by atoms with Crippen molar-refractivity contribution < 1.29 is 4.42 Å². The summed E-state index contributed by atoms with van der Waals surface area (Å²) < 4.78 is 5.32. The number of hydrogen-bond acceptors (Lipinski definition) is 2. The summed E-state index contributed by atoms with van der Waals surface area (Å²) >= 11 is 0. The van der Waals surface area contributed by atoms with Gasteiger partial charge in [-0.25, -0.2) is 0 Å². The third kappa shape index (κ3) is 1.76. The molecule has 0 spiro atoms. The van der Waals surface area contributed by atoms with Crippen LogP contribution in [-0.2, 0) is 13.0 Å². The second-order valence-electron chi connectivity index (χ2n) is 4.25. The molecular weight excluding hydrogens is 198 g/mol. The second kappa shape index (κ2) is 4.14. The molecule has 82 valence electrons. The summed E-state index contributed by atoms with van der Waals surface area (Å²) in [5.41, 5.74) is 2.94. The molecule has 0 saturated heterocycles. The van der Waals surface area contributed by atoms with E-state index in [1.165, 1.54) is 24.0 Å². The molecule has 0 saturated carbocycles. The third-order valence-corrected chi connectivity index (χ3v) is 3.24. The molecule has 3 rings (SSSR count). The molecule has 1 heterocycles. The molecule has 0 radical (unpaired) electrons. The molecule has 16 heavy (non-hydrogen) atoms. The Balaban J connectivity index is 1.69. The van der Waals surface area contributed by atoms with Crippen LogP contribution in [0.5, 0.6) is 0 Å². The van der Waals surface area contributed by atoms with Gasteiger partial charge in [-0.3, -0.25) is 0 Å². The Morgan fingerprint density at radius 2 is 2.12 bits per heavy atom. The zero-order valence-electron chi connectivity index (χ0n) is 9.15. The van der Waals surface area contributed by atoms with Gasteiger partial charge in [-0.05, 0) is 36.1 Å². The average molecular weight is 213 g/mol. The van der Waals surface area contributed by atoms with Gasteiger partial charge in [0.25, 0.3) is 0 Å². The fraction of sp³-hybridized carbons (Fsp3) is 0.286. The normalized spacial score (nSPS) is 18.6. The van der Waals surface area contributed by atoms with E-state index < -0.39 is 0 Å². The molecule has 1 aromatic carbocycles. The highest BCUT2D eigenvalue weighted by molar-refractivity contribution is 5.34. The van der Waals surface area contributed by atoms with Crippen molar-refractivity contribution in [2.45, 2.75) is 25.4 Å². The van der Waals surface area contributed by atoms with Gasteiger partial charge < -0.3 is 9.73 Å². The largest absolute Gasteiger partial charge is 0.468 e. The summed E-state index contributed by atoms with van der Waals surface area (Å²) in [5, 5.41) is 3.55. The van der Waals surface area contributed by atoms with Gasteiger partial charge in [0.15, 0.2) is 0 Å². The van der Waals surface area contributed by atoms with Crippen LogP contribution in [0.25, 0.3) is 0 Å². The van der Waals surface area contributed by atoms with E-state index in [0.717, 1.165) is 12.3 Å². The van der Waals surface area contributed by atoms with Crippen LogP contribution in [0.4, 0.5) is 0 Å². The molecule has 0 bridgehead atoms. The maximum absolute atomic E-state index is 5.32. The van der Waals surface area contributed by atoms with E-state index in [0.29, 0.717) is 6.04 Å². The Bertz CT molecular complexity index is 461. The summed E-state index contributed by atoms with van der Waals surface area (Å²) in [6.45, 7) is 0.812. The zero-order chi connectivity index (χ0) is 10.8. The van der Waals surface area contributed by atoms with Crippen LogP contribution < -0.4 is 5.32 Å². The molecule has 0 fully saturated rings. The Labute approximate surface area is 95.3 Å². The predicted molar refractivity (Wildman–Crippen MR) is 63.1 cm³/mol. The monoisotopic (exact) mass is 213 g/mol. The minimum absolute atomic E-state index is 0.487. The van der Waals surface area contributed by atoms with Gasteiger partial charge in [0, 0.05) is 6.04 Å². The summed E-state index contributed by atoms with van der Waals surface area (Å²) in [7, 11) is 0. The van der Waals surface area contributed by atoms with Crippen LogP contribution >= 0.6 is 0 Å². The number of aryl methyl sites for hydroxylation is 1. The van der Waals surface area contributed by atoms with Gasteiger partial charge in [-0.15, -0.1) is 0 Å². The first kappa shape index (κ1) is 9.67. The van der Waals surface area contributed by atoms with Gasteiger partial charge in [-0.2, -0.15) is 0 Å². The van der Waals surface area contributed by atoms with Crippen molar-refractivity contribution in [2.75, 3.05) is 0 Å². The molecule has 1 atom stereocenters. The second-order valence-corrected chi connectivity index (χ2v) is 4.25. The first-order valence-electron chi connectivity index (χ1n) is 5.77. The topological polar surface area (TPSA) is 25.2 Å². The van der Waals surface area contributed by atoms with Crippen molar-refractivity contribution in [1.29, 1.82) is 0 Å². The molecule has 0 aliphatic heterocycles. The van der Waals surface area contributed by atoms with Crippen molar-refractivity contribution in [2.24, 2.45) is 0 Å². The molecule has 1 aliphatic carbocycles. The van der Waals surface area contributed by atoms with Gasteiger partial charge >= 0.3 is 0 Å². The molecule has 2 nitrogen and oxygen atoms in total. The Kier molecular flexibility index (Phi) is 2.50. The Morgan fingerprint density at radius 1 is 1.19 bits per heavy atom. The highest BCUT2D eigenvalue weighted by Gasteiger charge is 2.21. The third-order valence-electron chi connectivity index (χ3n) is 3.24. The van der Waals surface area contributed by atoms with Gasteiger partial charge in [0.2, 0.25) is 0 Å². The summed E-state index contributed by atoms with van der Waals surface area (Å²) in [6.07, 6.45) is 4.10. The number of nitrogens with one attached hydrogen (secondary N) is 1. The Morgan fingerprint density at radius 3 is 3.00 bits per heavy atom. The van der Waals surface area contributed by atoms with Crippen LogP contribution in [0.1, 0.15) is 29.3 Å². The summed E-state index contributed by atoms with van der Waals surface area (Å²) in [6, 6.07) is 13.1. The van der Waals surface area contributed by atoms with Crippen LogP contribution in [0.15, 0.2) is 47.1 Å². The highest BCUT2D eigenvalue weighted by atomic mass is 16.3. The molecule has 2 aromatic rings. The lowest BCUT2D eigenvalue weighted by Crippen LogP contribution is -2.18. The molecule has 1 aliphatic rings. The van der Waals surface area contributed by atoms with Gasteiger partial charge in [0.05, 0.1) is 12.8 Å². The van der Waals surface area contributed by atoms with Crippen molar-refractivity contribution in [1.82, 2.24) is 5.32 Å². The average Bonchev–Trinajstić information content (AvgIpc) is 2.96. The van der Waals surface area contributed by atoms with Gasteiger partial charge in [-0.1, -0.05) is 24.3 Å². The van der Waals surface area contributed by atoms with Crippen LogP contribution in [-0.4, -0.2) is 0 Å². The van der Waals surface area contributed by atoms with Gasteiger partial charge in [0.1, 0.15) is 5.76 Å². The van der Waals surface area contributed by atoms with E-state index in [-0.39, 0.29) is 0 Å². The fourth-order valence-electron chi connectivity index (χ4n) is 2.41. The van der Waals surface area contributed by atoms with E-state index in [9.17, 15) is 0 Å². The SMILES string of the molecule is c1coc(CNC2CCc3ccccc32)c1. The molecule has 0 amide bonds. The minimum Gasteiger partial charge on any atom is -0.468 e. The van der Waals surface area contributed by atoms with Crippen molar-refractivity contribution in [3.8, 4) is 0 Å². The van der Waals surface area contributed by atoms with Crippen molar-refractivity contribution in [3.63, 3.8) is 0 Å². The van der Waals surface area contributed by atoms with Crippen LogP contribution in [0.2, 0.25) is 0 Å². The van der Waals surface area contributed by atoms with Crippen LogP contribution in [0, 0.1) is 0 Å². The number of hydrogen-bond donors (Lipinski definition) is 1. The zero-order valence-corrected chi connectivity index (χ0v) is 9.15. The number of furan rings is 1. The first-order valence-corrected chi connectivity index (χ1v) is 5.77. The number of benzene rings is 1. The smallest absolute Gasteiger partial charge is 0.117 e. The van der Waals surface area contributed by atoms with E-state index in [1.54, 1.807) is 6.26 Å². The predicted octanol–water partition coefficient (Wildman–Crippen LogP) is 3.06. The minimum atomic E-state index is 0.487. The fourth-order valence-corrected chi connectivity index (χ4v) is 2.41. The van der Waals surface area contributed by atoms with E-state index in [4.69, 9.17) is 4.42 Å². The maximum Gasteiger partial charge on any atom is 0.117 e. The standard InChI is InChI=1S/C14H15NO/c1-2-6-13-11(4-1)7-8-14(13)15-10-12-5-3-9-16-12/h1-6,9,14-15H,7-8,10H2. The quantitative estimate of drug-likeness (QED) is 0.847. The van der Waals surface area contributed by atoms with E-state index >= 15 is 0 Å². The first-order chi connectivity index (χ1) is 7.93. The lowest BCUT2D eigenvalue weighted by molar-refractivity contribution is 0.448. The molecule has 1 unspecified atom stereocenters. The maximum atomic E-state index is 5.32. The van der Waals surface area contributed by atoms with Crippen LogP contribution in [0.3, 0.4) is 0 Å². The van der Waals surface area contributed by atoms with Crippen molar-refractivity contribution in [3.05, 3.63) is 59.5 Å². The molecule has 2 heteroatoms.